The number of halogens is 1. The minimum Gasteiger partial charge on any atom is -0.489 e. The first-order valence-corrected chi connectivity index (χ1v) is 8.86. The maximum atomic E-state index is 11.2. The van der Waals surface area contributed by atoms with Gasteiger partial charge in [0.25, 0.3) is 0 Å². The lowest BCUT2D eigenvalue weighted by atomic mass is 10.2. The van der Waals surface area contributed by atoms with Crippen molar-refractivity contribution in [3.63, 3.8) is 0 Å². The molecule has 1 aliphatic heterocycles. The Labute approximate surface area is 161 Å². The normalized spacial score (nSPS) is 12.1. The molecule has 0 atom stereocenters. The molecule has 0 saturated carbocycles. The van der Waals surface area contributed by atoms with Crippen LogP contribution in [-0.4, -0.2) is 6.03 Å². The standard InChI is InChI=1S/C21H16ClN3O2/c22-18-7-2-1-5-15(18)13-27-17-6-3-4-14(10-17)12-23-16-8-9-19-20(11-16)25-21(26)24-19/h1-11,23H,12-13H2. The van der Waals surface area contributed by atoms with Gasteiger partial charge in [0.15, 0.2) is 0 Å². The summed E-state index contributed by atoms with van der Waals surface area (Å²) in [4.78, 5) is 18.9. The lowest BCUT2D eigenvalue weighted by molar-refractivity contribution is 0.256. The van der Waals surface area contributed by atoms with Crippen LogP contribution in [0.25, 0.3) is 0 Å². The number of anilines is 1. The third-order valence-electron chi connectivity index (χ3n) is 4.15. The van der Waals surface area contributed by atoms with Crippen molar-refractivity contribution in [3.05, 3.63) is 93.6 Å². The van der Waals surface area contributed by atoms with Crippen LogP contribution in [0.2, 0.25) is 5.02 Å². The number of rotatable bonds is 6. The van der Waals surface area contributed by atoms with E-state index in [9.17, 15) is 4.79 Å². The first-order chi connectivity index (χ1) is 13.2. The Morgan fingerprint density at radius 2 is 1.78 bits per heavy atom. The number of hydrogen-bond acceptors (Lipinski definition) is 3. The molecule has 0 aromatic heterocycles. The van der Waals surface area contributed by atoms with Crippen molar-refractivity contribution >= 4 is 23.3 Å². The Morgan fingerprint density at radius 3 is 2.67 bits per heavy atom. The highest BCUT2D eigenvalue weighted by Crippen LogP contribution is 2.20. The summed E-state index contributed by atoms with van der Waals surface area (Å²) in [6, 6.07) is 20.6. The number of ether oxygens (including phenoxy) is 1. The largest absolute Gasteiger partial charge is 0.489 e. The van der Waals surface area contributed by atoms with Crippen molar-refractivity contribution in [3.8, 4) is 5.75 Å². The lowest BCUT2D eigenvalue weighted by Crippen LogP contribution is -2.21. The number of carbonyl (C=O) groups is 1. The average Bonchev–Trinajstić information content (AvgIpc) is 3.05. The number of nitrogens with one attached hydrogen (secondary N) is 1. The molecular weight excluding hydrogens is 362 g/mol. The summed E-state index contributed by atoms with van der Waals surface area (Å²) in [5.74, 6) is 0.780. The van der Waals surface area contributed by atoms with Crippen LogP contribution in [0.3, 0.4) is 0 Å². The molecule has 1 aliphatic rings. The molecule has 0 aliphatic carbocycles. The topological polar surface area (TPSA) is 63.0 Å². The van der Waals surface area contributed by atoms with E-state index >= 15 is 0 Å². The number of fused-ring (bicyclic) bond motifs is 1. The highest BCUT2D eigenvalue weighted by atomic mass is 35.5. The molecule has 5 nitrogen and oxygen atoms in total. The smallest absolute Gasteiger partial charge is 0.368 e. The third-order valence-corrected chi connectivity index (χ3v) is 4.52. The van der Waals surface area contributed by atoms with Gasteiger partial charge in [0, 0.05) is 22.8 Å². The molecule has 0 saturated heterocycles. The second kappa shape index (κ2) is 7.60. The van der Waals surface area contributed by atoms with Gasteiger partial charge < -0.3 is 10.1 Å². The third kappa shape index (κ3) is 4.15. The fourth-order valence-corrected chi connectivity index (χ4v) is 2.96. The van der Waals surface area contributed by atoms with Gasteiger partial charge >= 0.3 is 6.03 Å². The summed E-state index contributed by atoms with van der Waals surface area (Å²) in [5, 5.41) is 5.23. The second-order valence-electron chi connectivity index (χ2n) is 6.09. The molecule has 3 aromatic rings. The molecule has 1 heterocycles. The fraction of sp³-hybridized carbons (Fsp3) is 0.0952. The summed E-state index contributed by atoms with van der Waals surface area (Å²) in [5.41, 5.74) is 2.90. The lowest BCUT2D eigenvalue weighted by Gasteiger charge is -2.10. The van der Waals surface area contributed by atoms with Crippen LogP contribution in [0.4, 0.5) is 10.5 Å². The van der Waals surface area contributed by atoms with E-state index in [1.165, 1.54) is 0 Å². The van der Waals surface area contributed by atoms with Gasteiger partial charge in [-0.2, -0.15) is 9.98 Å². The molecule has 1 N–H and O–H groups in total. The van der Waals surface area contributed by atoms with Crippen molar-refractivity contribution in [1.82, 2.24) is 0 Å². The monoisotopic (exact) mass is 377 g/mol. The van der Waals surface area contributed by atoms with Gasteiger partial charge in [0.1, 0.15) is 12.4 Å². The molecule has 0 bridgehead atoms. The number of amides is 2. The summed E-state index contributed by atoms with van der Waals surface area (Å²) < 4.78 is 5.86. The van der Waals surface area contributed by atoms with Gasteiger partial charge in [-0.3, -0.25) is 0 Å². The second-order valence-corrected chi connectivity index (χ2v) is 6.50. The van der Waals surface area contributed by atoms with Gasteiger partial charge in [-0.15, -0.1) is 0 Å². The zero-order chi connectivity index (χ0) is 18.6. The quantitative estimate of drug-likeness (QED) is 0.708. The molecule has 0 radical (unpaired) electrons. The maximum Gasteiger partial charge on any atom is 0.368 e. The van der Waals surface area contributed by atoms with Gasteiger partial charge in [-0.05, 0) is 42.0 Å². The summed E-state index contributed by atoms with van der Waals surface area (Å²) in [6.45, 7) is 1.04. The van der Waals surface area contributed by atoms with E-state index in [2.05, 4.69) is 15.3 Å². The van der Waals surface area contributed by atoms with Gasteiger partial charge in [0.2, 0.25) is 0 Å². The van der Waals surface area contributed by atoms with Crippen LogP contribution in [-0.2, 0) is 13.2 Å². The molecule has 0 fully saturated rings. The van der Waals surface area contributed by atoms with Crippen LogP contribution in [0.1, 0.15) is 11.1 Å². The Hall–Kier alpha value is -3.18. The van der Waals surface area contributed by atoms with Crippen molar-refractivity contribution in [2.45, 2.75) is 13.2 Å². The van der Waals surface area contributed by atoms with Crippen LogP contribution in [0.5, 0.6) is 5.75 Å². The van der Waals surface area contributed by atoms with E-state index in [1.54, 1.807) is 6.07 Å². The molecule has 27 heavy (non-hydrogen) atoms. The van der Waals surface area contributed by atoms with Crippen LogP contribution in [0.15, 0.2) is 76.7 Å². The molecule has 6 heteroatoms. The molecule has 2 amide bonds. The van der Waals surface area contributed by atoms with Gasteiger partial charge in [0.05, 0.1) is 10.7 Å². The zero-order valence-corrected chi connectivity index (χ0v) is 15.1. The predicted octanol–water partition coefficient (Wildman–Crippen LogP) is 3.90. The van der Waals surface area contributed by atoms with Gasteiger partial charge in [-0.25, -0.2) is 4.79 Å². The molecule has 3 aromatic carbocycles. The molecule has 0 unspecified atom stereocenters. The number of carbonyl (C=O) groups excluding carboxylic acids is 1. The van der Waals surface area contributed by atoms with Crippen molar-refractivity contribution in [2.24, 2.45) is 9.98 Å². The Balaban J connectivity index is 1.41. The van der Waals surface area contributed by atoms with E-state index in [-0.39, 0.29) is 0 Å². The summed E-state index contributed by atoms with van der Waals surface area (Å²) >= 11 is 6.16. The highest BCUT2D eigenvalue weighted by Gasteiger charge is 2.06. The van der Waals surface area contributed by atoms with Crippen LogP contribution < -0.4 is 20.8 Å². The SMILES string of the molecule is O=C1N=c2ccc(NCc3cccc(OCc4ccccc4Cl)c3)cc2=N1. The van der Waals surface area contributed by atoms with Crippen molar-refractivity contribution in [2.75, 3.05) is 5.32 Å². The number of hydrogen-bond donors (Lipinski definition) is 1. The van der Waals surface area contributed by atoms with Crippen molar-refractivity contribution in [1.29, 1.82) is 0 Å². The summed E-state index contributed by atoms with van der Waals surface area (Å²) in [7, 11) is 0. The average molecular weight is 378 g/mol. The van der Waals surface area contributed by atoms with Gasteiger partial charge in [-0.1, -0.05) is 41.9 Å². The number of nitrogens with zero attached hydrogens (tertiary/aromatic N) is 2. The zero-order valence-electron chi connectivity index (χ0n) is 14.4. The molecular formula is C21H16ClN3O2. The number of urea groups is 1. The molecule has 4 rings (SSSR count). The Morgan fingerprint density at radius 1 is 0.926 bits per heavy atom. The molecule has 0 spiro atoms. The van der Waals surface area contributed by atoms with E-state index in [0.29, 0.717) is 28.9 Å². The van der Waals surface area contributed by atoms with E-state index in [0.717, 1.165) is 22.6 Å². The van der Waals surface area contributed by atoms with E-state index in [1.807, 2.05) is 60.7 Å². The van der Waals surface area contributed by atoms with E-state index in [4.69, 9.17) is 16.3 Å². The first kappa shape index (κ1) is 17.2. The van der Waals surface area contributed by atoms with Crippen LogP contribution >= 0.6 is 11.6 Å². The molecule has 134 valence electrons. The minimum absolute atomic E-state index is 0.417. The summed E-state index contributed by atoms with van der Waals surface area (Å²) in [6.07, 6.45) is 0. The first-order valence-electron chi connectivity index (χ1n) is 8.48. The number of benzene rings is 3. The van der Waals surface area contributed by atoms with Crippen molar-refractivity contribution < 1.29 is 9.53 Å². The van der Waals surface area contributed by atoms with E-state index < -0.39 is 6.03 Å². The Kier molecular flexibility index (Phi) is 4.85. The highest BCUT2D eigenvalue weighted by molar-refractivity contribution is 6.31. The predicted molar refractivity (Wildman–Crippen MR) is 104 cm³/mol. The minimum atomic E-state index is -0.453. The Bertz CT molecular complexity index is 1130. The van der Waals surface area contributed by atoms with Crippen LogP contribution in [0, 0.1) is 0 Å². The fourth-order valence-electron chi connectivity index (χ4n) is 2.77. The maximum absolute atomic E-state index is 11.2.